The zero-order chi connectivity index (χ0) is 14.2. The molecule has 6 heteroatoms. The number of benzene rings is 2. The van der Waals surface area contributed by atoms with Gasteiger partial charge in [-0.2, -0.15) is 0 Å². The van der Waals surface area contributed by atoms with Crippen molar-refractivity contribution in [2.45, 2.75) is 0 Å². The van der Waals surface area contributed by atoms with Crippen LogP contribution in [0.4, 0.5) is 13.2 Å². The minimum Gasteiger partial charge on any atom is -0.288 e. The Morgan fingerprint density at radius 3 is 2.32 bits per heavy atom. The van der Waals surface area contributed by atoms with Gasteiger partial charge in [-0.05, 0) is 46.3 Å². The van der Waals surface area contributed by atoms with Crippen LogP contribution < -0.4 is 0 Å². The lowest BCUT2D eigenvalue weighted by Crippen LogP contribution is -2.05. The van der Waals surface area contributed by atoms with E-state index in [2.05, 4.69) is 15.9 Å². The first-order valence-corrected chi connectivity index (χ1v) is 6.21. The zero-order valence-electron chi connectivity index (χ0n) is 9.18. The molecule has 0 aliphatic rings. The molecule has 0 saturated carbocycles. The predicted octanol–water partition coefficient (Wildman–Crippen LogP) is 4.75. The standard InChI is InChI=1S/C13H5BrClF3O/c14-8-5-11(17)7(4-12(8)18)13(19)6-1-2-10(16)9(15)3-6/h1-5H. The molecule has 2 aromatic carbocycles. The predicted molar refractivity (Wildman–Crippen MR) is 68.9 cm³/mol. The molecular weight excluding hydrogens is 344 g/mol. The number of carbonyl (C=O) groups excluding carboxylic acids is 1. The average molecular weight is 350 g/mol. The molecule has 0 bridgehead atoms. The first kappa shape index (κ1) is 14.1. The molecule has 2 rings (SSSR count). The van der Waals surface area contributed by atoms with E-state index in [1.54, 1.807) is 0 Å². The number of carbonyl (C=O) groups is 1. The Hall–Kier alpha value is -1.33. The van der Waals surface area contributed by atoms with Gasteiger partial charge in [-0.3, -0.25) is 4.79 Å². The third-order valence-electron chi connectivity index (χ3n) is 2.44. The lowest BCUT2D eigenvalue weighted by molar-refractivity contribution is 0.103. The molecule has 1 nitrogen and oxygen atoms in total. The third-order valence-corrected chi connectivity index (χ3v) is 3.33. The van der Waals surface area contributed by atoms with E-state index in [1.807, 2.05) is 0 Å². The van der Waals surface area contributed by atoms with Crippen LogP contribution in [0, 0.1) is 17.5 Å². The van der Waals surface area contributed by atoms with E-state index in [1.165, 1.54) is 0 Å². The highest BCUT2D eigenvalue weighted by atomic mass is 79.9. The van der Waals surface area contributed by atoms with Crippen molar-refractivity contribution in [2.24, 2.45) is 0 Å². The second-order valence-electron chi connectivity index (χ2n) is 3.70. The van der Waals surface area contributed by atoms with Gasteiger partial charge in [-0.25, -0.2) is 13.2 Å². The molecule has 0 aromatic heterocycles. The summed E-state index contributed by atoms with van der Waals surface area (Å²) in [7, 11) is 0. The van der Waals surface area contributed by atoms with Crippen LogP contribution in [0.2, 0.25) is 5.02 Å². The molecule has 2 aromatic rings. The second kappa shape index (κ2) is 5.35. The van der Waals surface area contributed by atoms with Crippen LogP contribution >= 0.6 is 27.5 Å². The third kappa shape index (κ3) is 2.82. The lowest BCUT2D eigenvalue weighted by atomic mass is 10.0. The Kier molecular flexibility index (Phi) is 3.96. The molecule has 0 spiro atoms. The number of halogens is 5. The Morgan fingerprint density at radius 2 is 1.68 bits per heavy atom. The van der Waals surface area contributed by atoms with Crippen LogP contribution in [0.25, 0.3) is 0 Å². The molecular formula is C13H5BrClF3O. The maximum absolute atomic E-state index is 13.6. The first-order chi connectivity index (χ1) is 8.90. The van der Waals surface area contributed by atoms with E-state index in [0.717, 1.165) is 30.3 Å². The molecule has 0 radical (unpaired) electrons. The van der Waals surface area contributed by atoms with E-state index < -0.39 is 28.8 Å². The van der Waals surface area contributed by atoms with Crippen molar-refractivity contribution in [1.29, 1.82) is 0 Å². The van der Waals surface area contributed by atoms with Gasteiger partial charge in [0, 0.05) is 5.56 Å². The zero-order valence-corrected chi connectivity index (χ0v) is 11.5. The Morgan fingerprint density at radius 1 is 1.00 bits per heavy atom. The van der Waals surface area contributed by atoms with Crippen molar-refractivity contribution < 1.29 is 18.0 Å². The summed E-state index contributed by atoms with van der Waals surface area (Å²) in [6, 6.07) is 4.84. The lowest BCUT2D eigenvalue weighted by Gasteiger charge is -2.05. The van der Waals surface area contributed by atoms with Crippen molar-refractivity contribution in [1.82, 2.24) is 0 Å². The smallest absolute Gasteiger partial charge is 0.196 e. The molecule has 0 aliphatic heterocycles. The monoisotopic (exact) mass is 348 g/mol. The molecule has 0 fully saturated rings. The molecule has 98 valence electrons. The topological polar surface area (TPSA) is 17.1 Å². The summed E-state index contributed by atoms with van der Waals surface area (Å²) in [6.07, 6.45) is 0. The fraction of sp³-hybridized carbons (Fsp3) is 0. The normalized spacial score (nSPS) is 10.6. The highest BCUT2D eigenvalue weighted by Crippen LogP contribution is 2.23. The van der Waals surface area contributed by atoms with Gasteiger partial charge in [0.25, 0.3) is 0 Å². The molecule has 0 aliphatic carbocycles. The minimum absolute atomic E-state index is 0.0213. The van der Waals surface area contributed by atoms with Gasteiger partial charge in [0.2, 0.25) is 0 Å². The highest BCUT2D eigenvalue weighted by Gasteiger charge is 2.18. The molecule has 0 heterocycles. The van der Waals surface area contributed by atoms with Crippen molar-refractivity contribution in [3.8, 4) is 0 Å². The fourth-order valence-electron chi connectivity index (χ4n) is 1.49. The summed E-state index contributed by atoms with van der Waals surface area (Å²) in [5.41, 5.74) is -0.463. The Labute approximate surface area is 120 Å². The van der Waals surface area contributed by atoms with Crippen LogP contribution in [0.5, 0.6) is 0 Å². The Bertz CT molecular complexity index is 673. The molecule has 0 amide bonds. The summed E-state index contributed by atoms with van der Waals surface area (Å²) in [6.45, 7) is 0. The minimum atomic E-state index is -0.876. The summed E-state index contributed by atoms with van der Waals surface area (Å²) >= 11 is 8.35. The van der Waals surface area contributed by atoms with Gasteiger partial charge in [0.05, 0.1) is 15.1 Å². The summed E-state index contributed by atoms with van der Waals surface area (Å²) in [5, 5.41) is -0.260. The van der Waals surface area contributed by atoms with Gasteiger partial charge in [-0.15, -0.1) is 0 Å². The maximum atomic E-state index is 13.6. The summed E-state index contributed by atoms with van der Waals surface area (Å²) < 4.78 is 39.8. The average Bonchev–Trinajstić information content (AvgIpc) is 2.36. The van der Waals surface area contributed by atoms with Gasteiger partial charge in [0.1, 0.15) is 17.5 Å². The molecule has 0 N–H and O–H groups in total. The fourth-order valence-corrected chi connectivity index (χ4v) is 1.99. The van der Waals surface area contributed by atoms with E-state index in [9.17, 15) is 18.0 Å². The van der Waals surface area contributed by atoms with Crippen LogP contribution in [-0.2, 0) is 0 Å². The van der Waals surface area contributed by atoms with Crippen molar-refractivity contribution in [3.63, 3.8) is 0 Å². The quantitative estimate of drug-likeness (QED) is 0.565. The van der Waals surface area contributed by atoms with E-state index in [0.29, 0.717) is 0 Å². The SMILES string of the molecule is O=C(c1ccc(F)c(Cl)c1)c1cc(F)c(Br)cc1F. The van der Waals surface area contributed by atoms with Crippen LogP contribution in [0.3, 0.4) is 0 Å². The summed E-state index contributed by atoms with van der Waals surface area (Å²) in [4.78, 5) is 12.0. The second-order valence-corrected chi connectivity index (χ2v) is 4.97. The number of ketones is 1. The molecule has 0 atom stereocenters. The Balaban J connectivity index is 2.49. The maximum Gasteiger partial charge on any atom is 0.196 e. The van der Waals surface area contributed by atoms with E-state index in [-0.39, 0.29) is 15.1 Å². The van der Waals surface area contributed by atoms with Crippen molar-refractivity contribution in [3.05, 3.63) is 68.4 Å². The van der Waals surface area contributed by atoms with Crippen molar-refractivity contribution >= 4 is 33.3 Å². The van der Waals surface area contributed by atoms with Gasteiger partial charge >= 0.3 is 0 Å². The molecule has 0 unspecified atom stereocenters. The number of hydrogen-bond acceptors (Lipinski definition) is 1. The number of hydrogen-bond donors (Lipinski definition) is 0. The first-order valence-electron chi connectivity index (χ1n) is 5.04. The molecule has 19 heavy (non-hydrogen) atoms. The van der Waals surface area contributed by atoms with E-state index in [4.69, 9.17) is 11.6 Å². The van der Waals surface area contributed by atoms with Gasteiger partial charge in [0.15, 0.2) is 5.78 Å². The van der Waals surface area contributed by atoms with E-state index >= 15 is 0 Å². The number of rotatable bonds is 2. The van der Waals surface area contributed by atoms with Gasteiger partial charge < -0.3 is 0 Å². The van der Waals surface area contributed by atoms with Crippen LogP contribution in [0.1, 0.15) is 15.9 Å². The van der Waals surface area contributed by atoms with Crippen molar-refractivity contribution in [2.75, 3.05) is 0 Å². The van der Waals surface area contributed by atoms with Gasteiger partial charge in [-0.1, -0.05) is 11.6 Å². The van der Waals surface area contributed by atoms with Crippen LogP contribution in [0.15, 0.2) is 34.8 Å². The van der Waals surface area contributed by atoms with Crippen LogP contribution in [-0.4, -0.2) is 5.78 Å². The molecule has 0 saturated heterocycles. The largest absolute Gasteiger partial charge is 0.288 e. The summed E-state index contributed by atoms with van der Waals surface area (Å²) in [5.74, 6) is -3.11. The highest BCUT2D eigenvalue weighted by molar-refractivity contribution is 9.10.